The van der Waals surface area contributed by atoms with E-state index in [1.54, 1.807) is 14.2 Å². The number of aliphatic hydroxyl groups excluding tert-OH is 1. The molecule has 9 nitrogen and oxygen atoms in total. The van der Waals surface area contributed by atoms with Crippen molar-refractivity contribution in [1.29, 1.82) is 0 Å². The third-order valence-electron chi connectivity index (χ3n) is 6.70. The number of cyclic esters (lactones) is 1. The molecule has 0 saturated carbocycles. The van der Waals surface area contributed by atoms with Crippen LogP contribution in [-0.4, -0.2) is 51.3 Å². The summed E-state index contributed by atoms with van der Waals surface area (Å²) in [5, 5.41) is 15.5. The predicted octanol–water partition coefficient (Wildman–Crippen LogP) is 4.68. The van der Waals surface area contributed by atoms with Gasteiger partial charge in [0, 0.05) is 24.0 Å². The standard InChI is InChI=1S/C25H39N3O6/c1-15(2)19(12-21(27-28-26)20-13-34-25(30)23(20)16(3)4)24(29)18-7-8-22(32-6)17(11-18)9-10-33-14-31-5/h7-8,11,15-16,19-21,23-24,29H,9-10,12-14H2,1-6H3/t19-,20+,21-,23-,24?/m0/s1. The number of esters is 1. The molecule has 34 heavy (non-hydrogen) atoms. The van der Waals surface area contributed by atoms with Gasteiger partial charge >= 0.3 is 5.97 Å². The number of ether oxygens (including phenoxy) is 4. The van der Waals surface area contributed by atoms with Crippen molar-refractivity contribution in [3.63, 3.8) is 0 Å². The Morgan fingerprint density at radius 1 is 1.26 bits per heavy atom. The van der Waals surface area contributed by atoms with Crippen molar-refractivity contribution in [2.45, 2.75) is 52.7 Å². The van der Waals surface area contributed by atoms with E-state index in [2.05, 4.69) is 10.0 Å². The van der Waals surface area contributed by atoms with Crippen LogP contribution in [0.25, 0.3) is 10.4 Å². The molecule has 190 valence electrons. The summed E-state index contributed by atoms with van der Waals surface area (Å²) in [4.78, 5) is 15.4. The average Bonchev–Trinajstić information content (AvgIpc) is 3.20. The molecule has 1 aliphatic heterocycles. The highest BCUT2D eigenvalue weighted by Gasteiger charge is 2.44. The number of methoxy groups -OCH3 is 2. The fraction of sp³-hybridized carbons (Fsp3) is 0.720. The second-order valence-electron chi connectivity index (χ2n) is 9.56. The molecule has 1 aromatic carbocycles. The van der Waals surface area contributed by atoms with Gasteiger partial charge in [-0.05, 0) is 59.4 Å². The van der Waals surface area contributed by atoms with Crippen molar-refractivity contribution < 1.29 is 28.8 Å². The van der Waals surface area contributed by atoms with Crippen molar-refractivity contribution in [3.05, 3.63) is 39.8 Å². The zero-order valence-corrected chi connectivity index (χ0v) is 21.1. The topological polar surface area (TPSA) is 123 Å². The van der Waals surface area contributed by atoms with Gasteiger partial charge in [0.15, 0.2) is 0 Å². The Kier molecular flexibility index (Phi) is 11.1. The van der Waals surface area contributed by atoms with Gasteiger partial charge in [0.1, 0.15) is 12.5 Å². The van der Waals surface area contributed by atoms with Crippen LogP contribution >= 0.6 is 0 Å². The Balaban J connectivity index is 2.27. The summed E-state index contributed by atoms with van der Waals surface area (Å²) in [6.45, 7) is 8.94. The second kappa shape index (κ2) is 13.5. The lowest BCUT2D eigenvalue weighted by molar-refractivity contribution is -0.142. The smallest absolute Gasteiger partial charge is 0.309 e. The largest absolute Gasteiger partial charge is 0.496 e. The van der Waals surface area contributed by atoms with Gasteiger partial charge in [-0.25, -0.2) is 0 Å². The molecular weight excluding hydrogens is 438 g/mol. The van der Waals surface area contributed by atoms with Crippen LogP contribution in [0.3, 0.4) is 0 Å². The predicted molar refractivity (Wildman–Crippen MR) is 128 cm³/mol. The Hall–Kier alpha value is -2.32. The van der Waals surface area contributed by atoms with E-state index < -0.39 is 12.1 Å². The molecule has 0 amide bonds. The van der Waals surface area contributed by atoms with E-state index in [1.165, 1.54) is 0 Å². The van der Waals surface area contributed by atoms with Crippen molar-refractivity contribution in [3.8, 4) is 5.75 Å². The van der Waals surface area contributed by atoms with Crippen molar-refractivity contribution >= 4 is 5.97 Å². The van der Waals surface area contributed by atoms with Crippen molar-refractivity contribution in [2.75, 3.05) is 34.2 Å². The molecule has 1 N–H and O–H groups in total. The van der Waals surface area contributed by atoms with E-state index in [4.69, 9.17) is 18.9 Å². The number of aliphatic hydroxyl groups is 1. The summed E-state index contributed by atoms with van der Waals surface area (Å²) in [5.41, 5.74) is 10.9. The summed E-state index contributed by atoms with van der Waals surface area (Å²) in [6, 6.07) is 5.20. The van der Waals surface area contributed by atoms with Crippen LogP contribution in [0.1, 0.15) is 51.3 Å². The molecule has 1 aromatic rings. The summed E-state index contributed by atoms with van der Waals surface area (Å²) in [5.74, 6) is -0.0474. The van der Waals surface area contributed by atoms with Crippen LogP contribution in [0.5, 0.6) is 5.75 Å². The summed E-state index contributed by atoms with van der Waals surface area (Å²) >= 11 is 0. The van der Waals surface area contributed by atoms with E-state index in [-0.39, 0.29) is 49.0 Å². The van der Waals surface area contributed by atoms with E-state index >= 15 is 0 Å². The SMILES string of the molecule is COCOCCc1cc(C(O)[C@@H](C[C@H](N=[N+]=[N-])[C@H]2COC(=O)[C@H]2C(C)C)C(C)C)ccc1OC. The van der Waals surface area contributed by atoms with Gasteiger partial charge in [-0.1, -0.05) is 38.9 Å². The molecule has 0 radical (unpaired) electrons. The first kappa shape index (κ1) is 27.9. The molecule has 0 bridgehead atoms. The quantitative estimate of drug-likeness (QED) is 0.104. The number of carbonyl (C=O) groups excluding carboxylic acids is 1. The molecule has 0 aromatic heterocycles. The highest BCUT2D eigenvalue weighted by molar-refractivity contribution is 5.75. The first-order chi connectivity index (χ1) is 16.2. The number of azide groups is 1. The zero-order chi connectivity index (χ0) is 25.3. The molecule has 0 aliphatic carbocycles. The molecule has 1 aliphatic rings. The van der Waals surface area contributed by atoms with Gasteiger partial charge < -0.3 is 24.1 Å². The number of hydrogen-bond donors (Lipinski definition) is 1. The van der Waals surface area contributed by atoms with Gasteiger partial charge in [0.2, 0.25) is 0 Å². The molecule has 0 spiro atoms. The molecule has 2 rings (SSSR count). The van der Waals surface area contributed by atoms with E-state index in [1.807, 2.05) is 45.9 Å². The molecule has 5 atom stereocenters. The lowest BCUT2D eigenvalue weighted by Crippen LogP contribution is -2.33. The van der Waals surface area contributed by atoms with Crippen LogP contribution in [-0.2, 0) is 25.4 Å². The Labute approximate surface area is 202 Å². The zero-order valence-electron chi connectivity index (χ0n) is 21.1. The van der Waals surface area contributed by atoms with Crippen LogP contribution in [0, 0.1) is 29.6 Å². The Morgan fingerprint density at radius 2 is 2.00 bits per heavy atom. The van der Waals surface area contributed by atoms with Gasteiger partial charge in [0.05, 0.1) is 32.3 Å². The molecule has 1 heterocycles. The number of nitrogens with zero attached hydrogens (tertiary/aromatic N) is 3. The maximum absolute atomic E-state index is 12.3. The van der Waals surface area contributed by atoms with Crippen LogP contribution in [0.4, 0.5) is 0 Å². The normalized spacial score (nSPS) is 20.7. The minimum Gasteiger partial charge on any atom is -0.496 e. The Bertz CT molecular complexity index is 840. The van der Waals surface area contributed by atoms with E-state index in [0.717, 1.165) is 16.9 Å². The van der Waals surface area contributed by atoms with Crippen LogP contribution < -0.4 is 4.74 Å². The van der Waals surface area contributed by atoms with Gasteiger partial charge in [-0.15, -0.1) is 0 Å². The monoisotopic (exact) mass is 477 g/mol. The lowest BCUT2D eigenvalue weighted by Gasteiger charge is -2.32. The molecule has 1 unspecified atom stereocenters. The van der Waals surface area contributed by atoms with Gasteiger partial charge in [0.25, 0.3) is 0 Å². The highest BCUT2D eigenvalue weighted by atomic mass is 16.7. The first-order valence-corrected chi connectivity index (χ1v) is 11.9. The van der Waals surface area contributed by atoms with Crippen molar-refractivity contribution in [1.82, 2.24) is 0 Å². The maximum Gasteiger partial charge on any atom is 0.309 e. The van der Waals surface area contributed by atoms with Crippen LogP contribution in [0.2, 0.25) is 0 Å². The van der Waals surface area contributed by atoms with Crippen LogP contribution in [0.15, 0.2) is 23.3 Å². The maximum atomic E-state index is 12.3. The molecular formula is C25H39N3O6. The van der Waals surface area contributed by atoms with Crippen molar-refractivity contribution in [2.24, 2.45) is 34.7 Å². The molecule has 9 heteroatoms. The number of carbonyl (C=O) groups is 1. The molecule has 1 fully saturated rings. The minimum atomic E-state index is -0.781. The van der Waals surface area contributed by atoms with E-state index in [0.29, 0.717) is 19.4 Å². The second-order valence-corrected chi connectivity index (χ2v) is 9.56. The Morgan fingerprint density at radius 3 is 2.59 bits per heavy atom. The number of benzene rings is 1. The fourth-order valence-corrected chi connectivity index (χ4v) is 4.84. The highest BCUT2D eigenvalue weighted by Crippen LogP contribution is 2.40. The molecule has 1 saturated heterocycles. The summed E-state index contributed by atoms with van der Waals surface area (Å²) in [7, 11) is 3.19. The minimum absolute atomic E-state index is 0.0725. The van der Waals surface area contributed by atoms with Gasteiger partial charge in [-0.2, -0.15) is 0 Å². The third kappa shape index (κ3) is 7.09. The number of hydrogen-bond acceptors (Lipinski definition) is 7. The van der Waals surface area contributed by atoms with Gasteiger partial charge in [-0.3, -0.25) is 4.79 Å². The fourth-order valence-electron chi connectivity index (χ4n) is 4.84. The third-order valence-corrected chi connectivity index (χ3v) is 6.70. The lowest BCUT2D eigenvalue weighted by atomic mass is 9.75. The average molecular weight is 478 g/mol. The number of rotatable bonds is 14. The summed E-state index contributed by atoms with van der Waals surface area (Å²) in [6.07, 6.45) is 0.279. The first-order valence-electron chi connectivity index (χ1n) is 11.9. The summed E-state index contributed by atoms with van der Waals surface area (Å²) < 4.78 is 21.2. The van der Waals surface area contributed by atoms with E-state index in [9.17, 15) is 15.4 Å².